The van der Waals surface area contributed by atoms with Crippen LogP contribution >= 0.6 is 11.6 Å². The van der Waals surface area contributed by atoms with Crippen LogP contribution in [0.25, 0.3) is 17.0 Å². The molecule has 21 heavy (non-hydrogen) atoms. The molecule has 1 amide bonds. The number of hydrogen-bond acceptors (Lipinski definition) is 3. The van der Waals surface area contributed by atoms with E-state index in [1.807, 2.05) is 12.1 Å². The van der Waals surface area contributed by atoms with Gasteiger partial charge in [-0.05, 0) is 36.4 Å². The quantitative estimate of drug-likeness (QED) is 0.740. The Kier molecular flexibility index (Phi) is 3.71. The molecule has 3 aromatic rings. The zero-order valence-electron chi connectivity index (χ0n) is 10.9. The SMILES string of the molecule is O=C(/C=C/c1ccco1)Nc1cc(Cl)cc2cccnc12. The number of nitrogens with one attached hydrogen (secondary N) is 1. The molecule has 3 rings (SSSR count). The van der Waals surface area contributed by atoms with Crippen molar-refractivity contribution in [2.75, 3.05) is 5.32 Å². The van der Waals surface area contributed by atoms with E-state index in [9.17, 15) is 4.79 Å². The fourth-order valence-corrected chi connectivity index (χ4v) is 2.20. The first kappa shape index (κ1) is 13.4. The van der Waals surface area contributed by atoms with Crippen molar-refractivity contribution >= 4 is 40.2 Å². The highest BCUT2D eigenvalue weighted by Crippen LogP contribution is 2.26. The Labute approximate surface area is 126 Å². The smallest absolute Gasteiger partial charge is 0.248 e. The number of carbonyl (C=O) groups excluding carboxylic acids is 1. The number of benzene rings is 1. The first-order valence-electron chi connectivity index (χ1n) is 6.29. The molecule has 0 atom stereocenters. The summed E-state index contributed by atoms with van der Waals surface area (Å²) in [5.41, 5.74) is 1.27. The number of carbonyl (C=O) groups is 1. The Morgan fingerprint density at radius 1 is 1.29 bits per heavy atom. The van der Waals surface area contributed by atoms with E-state index in [2.05, 4.69) is 10.3 Å². The van der Waals surface area contributed by atoms with Crippen molar-refractivity contribution < 1.29 is 9.21 Å². The first-order valence-corrected chi connectivity index (χ1v) is 6.67. The molecule has 0 radical (unpaired) electrons. The lowest BCUT2D eigenvalue weighted by Crippen LogP contribution is -2.08. The summed E-state index contributed by atoms with van der Waals surface area (Å²) in [6.45, 7) is 0. The van der Waals surface area contributed by atoms with E-state index in [4.69, 9.17) is 16.0 Å². The summed E-state index contributed by atoms with van der Waals surface area (Å²) in [7, 11) is 0. The Morgan fingerprint density at radius 3 is 3.00 bits per heavy atom. The molecule has 0 saturated carbocycles. The maximum absolute atomic E-state index is 12.0. The van der Waals surface area contributed by atoms with Crippen molar-refractivity contribution in [3.05, 3.63) is 65.7 Å². The number of nitrogens with zero attached hydrogens (tertiary/aromatic N) is 1. The van der Waals surface area contributed by atoms with E-state index in [0.29, 0.717) is 22.0 Å². The third-order valence-corrected chi connectivity index (χ3v) is 3.09. The van der Waals surface area contributed by atoms with Crippen LogP contribution in [0.2, 0.25) is 5.02 Å². The van der Waals surface area contributed by atoms with E-state index < -0.39 is 0 Å². The van der Waals surface area contributed by atoms with Crippen LogP contribution in [-0.2, 0) is 4.79 Å². The number of hydrogen-bond donors (Lipinski definition) is 1. The highest BCUT2D eigenvalue weighted by molar-refractivity contribution is 6.32. The number of furan rings is 1. The highest BCUT2D eigenvalue weighted by atomic mass is 35.5. The van der Waals surface area contributed by atoms with Gasteiger partial charge in [0.25, 0.3) is 0 Å². The predicted octanol–water partition coefficient (Wildman–Crippen LogP) is 4.13. The van der Waals surface area contributed by atoms with Crippen LogP contribution in [0.3, 0.4) is 0 Å². The summed E-state index contributed by atoms with van der Waals surface area (Å²) in [6.07, 6.45) is 6.21. The lowest BCUT2D eigenvalue weighted by atomic mass is 10.2. The molecule has 0 aliphatic carbocycles. The van der Waals surface area contributed by atoms with Gasteiger partial charge >= 0.3 is 0 Å². The van der Waals surface area contributed by atoms with Crippen molar-refractivity contribution in [2.45, 2.75) is 0 Å². The van der Waals surface area contributed by atoms with Crippen molar-refractivity contribution in [2.24, 2.45) is 0 Å². The topological polar surface area (TPSA) is 55.1 Å². The molecule has 0 spiro atoms. The summed E-state index contributed by atoms with van der Waals surface area (Å²) in [6, 6.07) is 10.7. The second-order valence-electron chi connectivity index (χ2n) is 4.37. The van der Waals surface area contributed by atoms with Gasteiger partial charge in [-0.3, -0.25) is 9.78 Å². The third kappa shape index (κ3) is 3.12. The molecule has 0 fully saturated rings. The number of pyridine rings is 1. The Bertz CT molecular complexity index is 810. The van der Waals surface area contributed by atoms with Gasteiger partial charge < -0.3 is 9.73 Å². The van der Waals surface area contributed by atoms with Crippen LogP contribution in [0.4, 0.5) is 5.69 Å². The molecule has 0 aliphatic rings. The van der Waals surface area contributed by atoms with Crippen LogP contribution in [0, 0.1) is 0 Å². The molecule has 0 aliphatic heterocycles. The van der Waals surface area contributed by atoms with E-state index >= 15 is 0 Å². The molecule has 4 nitrogen and oxygen atoms in total. The summed E-state index contributed by atoms with van der Waals surface area (Å²) < 4.78 is 5.12. The number of fused-ring (bicyclic) bond motifs is 1. The summed E-state index contributed by atoms with van der Waals surface area (Å²) in [5.74, 6) is 0.333. The van der Waals surface area contributed by atoms with Gasteiger partial charge in [-0.15, -0.1) is 0 Å². The summed E-state index contributed by atoms with van der Waals surface area (Å²) in [5, 5.41) is 4.19. The van der Waals surface area contributed by atoms with Crippen molar-refractivity contribution in [3.63, 3.8) is 0 Å². The van der Waals surface area contributed by atoms with Crippen LogP contribution in [-0.4, -0.2) is 10.9 Å². The van der Waals surface area contributed by atoms with Gasteiger partial charge in [0.1, 0.15) is 5.76 Å². The lowest BCUT2D eigenvalue weighted by Gasteiger charge is -2.07. The van der Waals surface area contributed by atoms with Gasteiger partial charge in [-0.1, -0.05) is 17.7 Å². The lowest BCUT2D eigenvalue weighted by molar-refractivity contribution is -0.111. The molecule has 0 saturated heterocycles. The molecule has 5 heteroatoms. The highest BCUT2D eigenvalue weighted by Gasteiger charge is 2.06. The number of anilines is 1. The van der Waals surface area contributed by atoms with Crippen molar-refractivity contribution in [3.8, 4) is 0 Å². The first-order chi connectivity index (χ1) is 10.2. The van der Waals surface area contributed by atoms with Crippen LogP contribution < -0.4 is 5.32 Å². The van der Waals surface area contributed by atoms with Gasteiger partial charge in [0.2, 0.25) is 5.91 Å². The molecular weight excluding hydrogens is 288 g/mol. The fourth-order valence-electron chi connectivity index (χ4n) is 1.97. The second-order valence-corrected chi connectivity index (χ2v) is 4.80. The molecule has 0 unspecified atom stereocenters. The Balaban J connectivity index is 1.86. The molecular formula is C16H11ClN2O2. The average molecular weight is 299 g/mol. The van der Waals surface area contributed by atoms with E-state index in [1.165, 1.54) is 6.08 Å². The van der Waals surface area contributed by atoms with Crippen LogP contribution in [0.15, 0.2) is 59.4 Å². The molecule has 2 heterocycles. The number of rotatable bonds is 3. The Hall–Kier alpha value is -2.59. The monoisotopic (exact) mass is 298 g/mol. The van der Waals surface area contributed by atoms with E-state index in [0.717, 1.165) is 5.39 Å². The summed E-state index contributed by atoms with van der Waals surface area (Å²) >= 11 is 6.05. The minimum atomic E-state index is -0.277. The molecule has 1 N–H and O–H groups in total. The van der Waals surface area contributed by atoms with Gasteiger partial charge in [0.05, 0.1) is 17.5 Å². The van der Waals surface area contributed by atoms with Gasteiger partial charge in [-0.25, -0.2) is 0 Å². The third-order valence-electron chi connectivity index (χ3n) is 2.87. The molecule has 2 aromatic heterocycles. The molecule has 104 valence electrons. The van der Waals surface area contributed by atoms with E-state index in [-0.39, 0.29) is 5.91 Å². The predicted molar refractivity (Wildman–Crippen MR) is 83.1 cm³/mol. The van der Waals surface area contributed by atoms with Crippen LogP contribution in [0.5, 0.6) is 0 Å². The molecule has 1 aromatic carbocycles. The zero-order chi connectivity index (χ0) is 14.7. The van der Waals surface area contributed by atoms with Gasteiger partial charge in [0, 0.05) is 22.7 Å². The van der Waals surface area contributed by atoms with Crippen molar-refractivity contribution in [1.29, 1.82) is 0 Å². The number of amides is 1. The van der Waals surface area contributed by atoms with Gasteiger partial charge in [-0.2, -0.15) is 0 Å². The second kappa shape index (κ2) is 5.81. The minimum Gasteiger partial charge on any atom is -0.465 e. The molecule has 0 bridgehead atoms. The van der Waals surface area contributed by atoms with E-state index in [1.54, 1.807) is 42.8 Å². The minimum absolute atomic E-state index is 0.277. The maximum Gasteiger partial charge on any atom is 0.248 e. The van der Waals surface area contributed by atoms with Crippen molar-refractivity contribution in [1.82, 2.24) is 4.98 Å². The maximum atomic E-state index is 12.0. The number of aromatic nitrogens is 1. The van der Waals surface area contributed by atoms with Gasteiger partial charge in [0.15, 0.2) is 0 Å². The Morgan fingerprint density at radius 2 is 2.19 bits per heavy atom. The summed E-state index contributed by atoms with van der Waals surface area (Å²) in [4.78, 5) is 16.2. The number of halogens is 1. The average Bonchev–Trinajstić information content (AvgIpc) is 2.98. The normalized spacial score (nSPS) is 11.1. The standard InChI is InChI=1S/C16H11ClN2O2/c17-12-9-11-3-1-7-18-16(11)14(10-12)19-15(20)6-5-13-4-2-8-21-13/h1-10H,(H,19,20)/b6-5+. The largest absolute Gasteiger partial charge is 0.465 e. The fraction of sp³-hybridized carbons (Fsp3) is 0. The van der Waals surface area contributed by atoms with Crippen LogP contribution in [0.1, 0.15) is 5.76 Å². The zero-order valence-corrected chi connectivity index (χ0v) is 11.7.